The summed E-state index contributed by atoms with van der Waals surface area (Å²) in [6.07, 6.45) is -0.112. The van der Waals surface area contributed by atoms with Gasteiger partial charge in [-0.15, -0.1) is 0 Å². The molecule has 2 atom stereocenters. The molecule has 4 nitrogen and oxygen atoms in total. The summed E-state index contributed by atoms with van der Waals surface area (Å²) in [5, 5.41) is 9.15. The van der Waals surface area contributed by atoms with Crippen LogP contribution >= 0.6 is 0 Å². The Labute approximate surface area is 73.3 Å². The van der Waals surface area contributed by atoms with Crippen molar-refractivity contribution in [2.75, 3.05) is 32.8 Å². The maximum absolute atomic E-state index is 9.15. The van der Waals surface area contributed by atoms with Gasteiger partial charge in [0.1, 0.15) is 0 Å². The van der Waals surface area contributed by atoms with Gasteiger partial charge < -0.3 is 15.6 Å². The molecule has 0 spiro atoms. The normalized spacial score (nSPS) is 28.8. The van der Waals surface area contributed by atoms with E-state index in [2.05, 4.69) is 4.90 Å². The van der Waals surface area contributed by atoms with Crippen LogP contribution in [0.2, 0.25) is 0 Å². The van der Waals surface area contributed by atoms with Crippen LogP contribution in [-0.4, -0.2) is 55.0 Å². The van der Waals surface area contributed by atoms with Gasteiger partial charge in [0.2, 0.25) is 0 Å². The highest BCUT2D eigenvalue weighted by Crippen LogP contribution is 2.04. The van der Waals surface area contributed by atoms with Gasteiger partial charge in [0, 0.05) is 26.2 Å². The Balaban J connectivity index is 2.25. The lowest BCUT2D eigenvalue weighted by atomic mass is 10.2. The molecule has 0 radical (unpaired) electrons. The van der Waals surface area contributed by atoms with Gasteiger partial charge in [-0.2, -0.15) is 0 Å². The predicted molar refractivity (Wildman–Crippen MR) is 46.9 cm³/mol. The van der Waals surface area contributed by atoms with Crippen molar-refractivity contribution in [3.05, 3.63) is 0 Å². The topological polar surface area (TPSA) is 58.7 Å². The third-order valence-corrected chi connectivity index (χ3v) is 2.01. The molecule has 72 valence electrons. The van der Waals surface area contributed by atoms with Crippen LogP contribution in [0.1, 0.15) is 6.92 Å². The summed E-state index contributed by atoms with van der Waals surface area (Å²) >= 11 is 0. The van der Waals surface area contributed by atoms with Crippen LogP contribution in [-0.2, 0) is 4.74 Å². The molecular weight excluding hydrogens is 156 g/mol. The van der Waals surface area contributed by atoms with Gasteiger partial charge in [-0.1, -0.05) is 0 Å². The van der Waals surface area contributed by atoms with Gasteiger partial charge in [-0.05, 0) is 6.92 Å². The molecule has 0 aromatic heterocycles. The molecule has 12 heavy (non-hydrogen) atoms. The van der Waals surface area contributed by atoms with E-state index in [-0.39, 0.29) is 12.2 Å². The summed E-state index contributed by atoms with van der Waals surface area (Å²) in [7, 11) is 0. The van der Waals surface area contributed by atoms with Crippen LogP contribution in [0, 0.1) is 0 Å². The van der Waals surface area contributed by atoms with Gasteiger partial charge >= 0.3 is 0 Å². The summed E-state index contributed by atoms with van der Waals surface area (Å²) in [6, 6.07) is 0. The lowest BCUT2D eigenvalue weighted by molar-refractivity contribution is -0.0340. The minimum absolute atomic E-state index is 0.150. The van der Waals surface area contributed by atoms with Crippen LogP contribution in [0.4, 0.5) is 0 Å². The zero-order valence-corrected chi connectivity index (χ0v) is 7.57. The molecule has 0 aromatic rings. The summed E-state index contributed by atoms with van der Waals surface area (Å²) in [5.41, 5.74) is 5.48. The second-order valence-electron chi connectivity index (χ2n) is 3.34. The predicted octanol–water partition coefficient (Wildman–Crippen LogP) is -0.973. The minimum atomic E-state index is -0.262. The first-order chi connectivity index (χ1) is 5.72. The standard InChI is InChI=1S/C8H18N2O2/c1-7(11)5-10-2-3-12-8(4-9)6-10/h7-8,11H,2-6,9H2,1H3. The highest BCUT2D eigenvalue weighted by atomic mass is 16.5. The SMILES string of the molecule is CC(O)CN1CCOC(CN)C1. The van der Waals surface area contributed by atoms with Crippen molar-refractivity contribution >= 4 is 0 Å². The summed E-state index contributed by atoms with van der Waals surface area (Å²) < 4.78 is 5.39. The number of hydrogen-bond acceptors (Lipinski definition) is 4. The lowest BCUT2D eigenvalue weighted by Crippen LogP contribution is -2.47. The Kier molecular flexibility index (Phi) is 3.94. The van der Waals surface area contributed by atoms with Gasteiger partial charge in [-0.3, -0.25) is 4.90 Å². The summed E-state index contributed by atoms with van der Waals surface area (Å²) in [4.78, 5) is 2.19. The van der Waals surface area contributed by atoms with E-state index in [4.69, 9.17) is 15.6 Å². The molecule has 4 heteroatoms. The van der Waals surface area contributed by atoms with Crippen molar-refractivity contribution < 1.29 is 9.84 Å². The fourth-order valence-corrected chi connectivity index (χ4v) is 1.46. The van der Waals surface area contributed by atoms with Crippen LogP contribution < -0.4 is 5.73 Å². The molecule has 1 aliphatic rings. The van der Waals surface area contributed by atoms with E-state index in [1.165, 1.54) is 0 Å². The van der Waals surface area contributed by atoms with Gasteiger partial charge in [0.15, 0.2) is 0 Å². The average molecular weight is 174 g/mol. The van der Waals surface area contributed by atoms with E-state index in [0.29, 0.717) is 6.54 Å². The molecule has 2 unspecified atom stereocenters. The van der Waals surface area contributed by atoms with Gasteiger partial charge in [-0.25, -0.2) is 0 Å². The maximum atomic E-state index is 9.15. The van der Waals surface area contributed by atoms with Crippen LogP contribution in [0.15, 0.2) is 0 Å². The Morgan fingerprint density at radius 3 is 3.08 bits per heavy atom. The Morgan fingerprint density at radius 2 is 2.50 bits per heavy atom. The summed E-state index contributed by atoms with van der Waals surface area (Å²) in [5.74, 6) is 0. The fourth-order valence-electron chi connectivity index (χ4n) is 1.46. The van der Waals surface area contributed by atoms with E-state index in [1.54, 1.807) is 6.92 Å². The number of nitrogens with two attached hydrogens (primary N) is 1. The van der Waals surface area contributed by atoms with Gasteiger partial charge in [0.05, 0.1) is 18.8 Å². The molecule has 1 rings (SSSR count). The number of aliphatic hydroxyl groups excluding tert-OH is 1. The third-order valence-electron chi connectivity index (χ3n) is 2.01. The van der Waals surface area contributed by atoms with Crippen LogP contribution in [0.3, 0.4) is 0 Å². The lowest BCUT2D eigenvalue weighted by Gasteiger charge is -2.32. The Hall–Kier alpha value is -0.160. The number of hydrogen-bond donors (Lipinski definition) is 2. The number of ether oxygens (including phenoxy) is 1. The zero-order valence-electron chi connectivity index (χ0n) is 7.57. The Morgan fingerprint density at radius 1 is 1.75 bits per heavy atom. The number of rotatable bonds is 3. The average Bonchev–Trinajstić information content (AvgIpc) is 2.03. The minimum Gasteiger partial charge on any atom is -0.392 e. The first-order valence-corrected chi connectivity index (χ1v) is 4.44. The molecule has 1 fully saturated rings. The molecule has 0 bridgehead atoms. The Bertz CT molecular complexity index is 130. The van der Waals surface area contributed by atoms with E-state index >= 15 is 0 Å². The molecule has 0 amide bonds. The van der Waals surface area contributed by atoms with E-state index < -0.39 is 0 Å². The van der Waals surface area contributed by atoms with Crippen LogP contribution in [0.25, 0.3) is 0 Å². The van der Waals surface area contributed by atoms with E-state index in [0.717, 1.165) is 26.2 Å². The molecule has 1 heterocycles. The van der Waals surface area contributed by atoms with Crippen molar-refractivity contribution in [2.24, 2.45) is 5.73 Å². The van der Waals surface area contributed by atoms with E-state index in [1.807, 2.05) is 0 Å². The number of β-amino-alcohol motifs (C(OH)–C–C–N with tert-alkyl or cyclic N) is 1. The maximum Gasteiger partial charge on any atom is 0.0824 e. The van der Waals surface area contributed by atoms with Crippen molar-refractivity contribution in [1.82, 2.24) is 4.90 Å². The van der Waals surface area contributed by atoms with Gasteiger partial charge in [0.25, 0.3) is 0 Å². The molecule has 1 saturated heterocycles. The van der Waals surface area contributed by atoms with Crippen molar-refractivity contribution in [3.63, 3.8) is 0 Å². The highest BCUT2D eigenvalue weighted by Gasteiger charge is 2.19. The third kappa shape index (κ3) is 3.06. The smallest absolute Gasteiger partial charge is 0.0824 e. The number of morpholine rings is 1. The van der Waals surface area contributed by atoms with E-state index in [9.17, 15) is 0 Å². The molecular formula is C8H18N2O2. The monoisotopic (exact) mass is 174 g/mol. The quantitative estimate of drug-likeness (QED) is 0.578. The molecule has 0 saturated carbocycles. The first kappa shape index (κ1) is 9.92. The number of nitrogens with zero attached hydrogens (tertiary/aromatic N) is 1. The zero-order chi connectivity index (χ0) is 8.97. The second kappa shape index (κ2) is 4.77. The molecule has 0 aliphatic carbocycles. The highest BCUT2D eigenvalue weighted by molar-refractivity contribution is 4.72. The molecule has 1 aliphatic heterocycles. The van der Waals surface area contributed by atoms with Crippen molar-refractivity contribution in [2.45, 2.75) is 19.1 Å². The molecule has 0 aromatic carbocycles. The molecule has 3 N–H and O–H groups in total. The largest absolute Gasteiger partial charge is 0.392 e. The van der Waals surface area contributed by atoms with Crippen LogP contribution in [0.5, 0.6) is 0 Å². The fraction of sp³-hybridized carbons (Fsp3) is 1.00. The van der Waals surface area contributed by atoms with Crippen molar-refractivity contribution in [1.29, 1.82) is 0 Å². The number of aliphatic hydroxyl groups is 1. The first-order valence-electron chi connectivity index (χ1n) is 4.44. The van der Waals surface area contributed by atoms with Crippen molar-refractivity contribution in [3.8, 4) is 0 Å². The summed E-state index contributed by atoms with van der Waals surface area (Å²) in [6.45, 7) is 5.57. The second-order valence-corrected chi connectivity index (χ2v) is 3.34.